The van der Waals surface area contributed by atoms with Crippen LogP contribution in [0.5, 0.6) is 0 Å². The Morgan fingerprint density at radius 3 is 2.94 bits per heavy atom. The molecule has 2 rings (SSSR count). The fraction of sp³-hybridized carbons (Fsp3) is 0.700. The molecule has 0 bridgehead atoms. The van der Waals surface area contributed by atoms with E-state index in [-0.39, 0.29) is 6.10 Å². The Kier molecular flexibility index (Phi) is 2.78. The number of amides is 3. The molecule has 2 heterocycles. The highest BCUT2D eigenvalue weighted by Gasteiger charge is 2.53. The molecule has 7 nitrogen and oxygen atoms in total. The van der Waals surface area contributed by atoms with Crippen molar-refractivity contribution in [1.82, 2.24) is 10.2 Å². The smallest absolute Gasteiger partial charge is 0.325 e. The van der Waals surface area contributed by atoms with E-state index in [0.29, 0.717) is 19.4 Å². The zero-order valence-corrected chi connectivity index (χ0v) is 9.43. The quantitative estimate of drug-likeness (QED) is 0.640. The van der Waals surface area contributed by atoms with Crippen LogP contribution in [0.1, 0.15) is 19.8 Å². The zero-order chi connectivity index (χ0) is 12.6. The summed E-state index contributed by atoms with van der Waals surface area (Å²) in [5.41, 5.74) is -0.968. The Balaban J connectivity index is 2.19. The first-order valence-electron chi connectivity index (χ1n) is 5.42. The van der Waals surface area contributed by atoms with E-state index in [1.807, 2.05) is 6.92 Å². The van der Waals surface area contributed by atoms with Crippen LogP contribution in [0.15, 0.2) is 0 Å². The Morgan fingerprint density at radius 2 is 2.35 bits per heavy atom. The van der Waals surface area contributed by atoms with Gasteiger partial charge in [0, 0.05) is 19.4 Å². The number of carboxylic acid groups (broad SMARTS) is 1. The minimum Gasteiger partial charge on any atom is -0.480 e. The molecule has 0 aliphatic carbocycles. The van der Waals surface area contributed by atoms with Gasteiger partial charge in [-0.05, 0) is 6.92 Å². The second kappa shape index (κ2) is 3.99. The summed E-state index contributed by atoms with van der Waals surface area (Å²) in [5, 5.41) is 11.2. The maximum Gasteiger partial charge on any atom is 0.325 e. The number of ether oxygens (including phenoxy) is 1. The number of carboxylic acids is 1. The van der Waals surface area contributed by atoms with Crippen molar-refractivity contribution in [2.24, 2.45) is 0 Å². The van der Waals surface area contributed by atoms with Crippen molar-refractivity contribution in [3.8, 4) is 0 Å². The van der Waals surface area contributed by atoms with Crippen LogP contribution in [-0.4, -0.2) is 52.7 Å². The van der Waals surface area contributed by atoms with Crippen LogP contribution in [0, 0.1) is 0 Å². The summed E-state index contributed by atoms with van der Waals surface area (Å²) in [6.45, 7) is 1.61. The molecular formula is C10H14N2O5. The fourth-order valence-corrected chi connectivity index (χ4v) is 2.35. The van der Waals surface area contributed by atoms with E-state index in [1.165, 1.54) is 0 Å². The highest BCUT2D eigenvalue weighted by Crippen LogP contribution is 2.30. The maximum atomic E-state index is 12.1. The van der Waals surface area contributed by atoms with Gasteiger partial charge in [0.2, 0.25) is 0 Å². The molecule has 2 aliphatic rings. The van der Waals surface area contributed by atoms with E-state index in [4.69, 9.17) is 9.84 Å². The van der Waals surface area contributed by atoms with Gasteiger partial charge in [0.25, 0.3) is 5.91 Å². The van der Waals surface area contributed by atoms with Crippen LogP contribution >= 0.6 is 0 Å². The SMILES string of the molecule is CC1CC2(CCO1)NC(=O)N(CC(=O)O)C2=O. The minimum atomic E-state index is -1.20. The summed E-state index contributed by atoms with van der Waals surface area (Å²) in [6, 6.07) is -0.633. The summed E-state index contributed by atoms with van der Waals surface area (Å²) in [6.07, 6.45) is 0.643. The number of imide groups is 1. The molecule has 2 atom stereocenters. The molecule has 1 spiro atoms. The summed E-state index contributed by atoms with van der Waals surface area (Å²) < 4.78 is 5.33. The van der Waals surface area contributed by atoms with Gasteiger partial charge >= 0.3 is 12.0 Å². The highest BCUT2D eigenvalue weighted by molar-refractivity contribution is 6.08. The van der Waals surface area contributed by atoms with Gasteiger partial charge in [-0.1, -0.05) is 0 Å². The van der Waals surface area contributed by atoms with Crippen LogP contribution in [0.4, 0.5) is 4.79 Å². The molecule has 0 aromatic carbocycles. The number of carbonyl (C=O) groups is 3. The third-order valence-electron chi connectivity index (χ3n) is 3.11. The summed E-state index contributed by atoms with van der Waals surface area (Å²) in [7, 11) is 0. The monoisotopic (exact) mass is 242 g/mol. The summed E-state index contributed by atoms with van der Waals surface area (Å²) in [4.78, 5) is 35.0. The molecule has 2 aliphatic heterocycles. The van der Waals surface area contributed by atoms with E-state index in [2.05, 4.69) is 5.32 Å². The second-order valence-electron chi connectivity index (χ2n) is 4.43. The number of nitrogens with one attached hydrogen (secondary N) is 1. The number of hydrogen-bond acceptors (Lipinski definition) is 4. The van der Waals surface area contributed by atoms with Gasteiger partial charge in [-0.2, -0.15) is 0 Å². The zero-order valence-electron chi connectivity index (χ0n) is 9.43. The van der Waals surface area contributed by atoms with Gasteiger partial charge in [-0.3, -0.25) is 14.5 Å². The molecule has 17 heavy (non-hydrogen) atoms. The topological polar surface area (TPSA) is 95.9 Å². The van der Waals surface area contributed by atoms with Crippen molar-refractivity contribution >= 4 is 17.9 Å². The summed E-state index contributed by atoms with van der Waals surface area (Å²) >= 11 is 0. The molecule has 0 saturated carbocycles. The highest BCUT2D eigenvalue weighted by atomic mass is 16.5. The molecule has 0 aromatic heterocycles. The second-order valence-corrected chi connectivity index (χ2v) is 4.43. The lowest BCUT2D eigenvalue weighted by Gasteiger charge is -2.34. The predicted molar refractivity (Wildman–Crippen MR) is 55.3 cm³/mol. The van der Waals surface area contributed by atoms with Gasteiger partial charge in [0.1, 0.15) is 12.1 Å². The van der Waals surface area contributed by atoms with Crippen LogP contribution < -0.4 is 5.32 Å². The van der Waals surface area contributed by atoms with Crippen molar-refractivity contribution < 1.29 is 24.2 Å². The first kappa shape index (κ1) is 11.8. The van der Waals surface area contributed by atoms with Crippen LogP contribution in [0.25, 0.3) is 0 Å². The first-order chi connectivity index (χ1) is 7.94. The molecule has 2 fully saturated rings. The molecule has 3 amide bonds. The number of hydrogen-bond donors (Lipinski definition) is 2. The van der Waals surface area contributed by atoms with E-state index >= 15 is 0 Å². The predicted octanol–water partition coefficient (Wildman–Crippen LogP) is -0.440. The van der Waals surface area contributed by atoms with Crippen molar-refractivity contribution in [3.63, 3.8) is 0 Å². The van der Waals surface area contributed by atoms with Crippen LogP contribution in [0.3, 0.4) is 0 Å². The molecule has 0 aromatic rings. The lowest BCUT2D eigenvalue weighted by Crippen LogP contribution is -2.53. The molecule has 2 N–H and O–H groups in total. The van der Waals surface area contributed by atoms with E-state index in [0.717, 1.165) is 4.90 Å². The molecule has 2 unspecified atom stereocenters. The molecule has 0 radical (unpaired) electrons. The minimum absolute atomic E-state index is 0.127. The fourth-order valence-electron chi connectivity index (χ4n) is 2.35. The molecule has 94 valence electrons. The van der Waals surface area contributed by atoms with Gasteiger partial charge in [0.05, 0.1) is 6.10 Å². The number of aliphatic carboxylic acids is 1. The molecule has 2 saturated heterocycles. The molecular weight excluding hydrogens is 228 g/mol. The van der Waals surface area contributed by atoms with E-state index in [1.54, 1.807) is 0 Å². The normalized spacial score (nSPS) is 33.0. The first-order valence-corrected chi connectivity index (χ1v) is 5.42. The van der Waals surface area contributed by atoms with Gasteiger partial charge in [-0.25, -0.2) is 4.79 Å². The molecule has 7 heteroatoms. The van der Waals surface area contributed by atoms with Crippen molar-refractivity contribution in [2.75, 3.05) is 13.2 Å². The van der Waals surface area contributed by atoms with Gasteiger partial charge in [0.15, 0.2) is 0 Å². The van der Waals surface area contributed by atoms with E-state index < -0.39 is 30.0 Å². The standard InChI is InChI=1S/C10H14N2O5/c1-6-4-10(2-3-17-6)8(15)12(5-7(13)14)9(16)11-10/h6H,2-5H2,1H3,(H,11,16)(H,13,14). The van der Waals surface area contributed by atoms with Crippen molar-refractivity contribution in [3.05, 3.63) is 0 Å². The Morgan fingerprint density at radius 1 is 1.65 bits per heavy atom. The average molecular weight is 242 g/mol. The van der Waals surface area contributed by atoms with Crippen LogP contribution in [0.2, 0.25) is 0 Å². The van der Waals surface area contributed by atoms with Crippen molar-refractivity contribution in [1.29, 1.82) is 0 Å². The Hall–Kier alpha value is -1.63. The number of rotatable bonds is 2. The van der Waals surface area contributed by atoms with E-state index in [9.17, 15) is 14.4 Å². The number of carbonyl (C=O) groups excluding carboxylic acids is 2. The van der Waals surface area contributed by atoms with Gasteiger partial charge in [-0.15, -0.1) is 0 Å². The largest absolute Gasteiger partial charge is 0.480 e. The lowest BCUT2D eigenvalue weighted by atomic mass is 9.87. The van der Waals surface area contributed by atoms with Crippen LogP contribution in [-0.2, 0) is 14.3 Å². The Labute approximate surface area is 97.7 Å². The lowest BCUT2D eigenvalue weighted by molar-refractivity contribution is -0.144. The van der Waals surface area contributed by atoms with Gasteiger partial charge < -0.3 is 15.2 Å². The number of nitrogens with zero attached hydrogens (tertiary/aromatic N) is 1. The Bertz CT molecular complexity index is 383. The average Bonchev–Trinajstić information content (AvgIpc) is 2.42. The third kappa shape index (κ3) is 1.97. The third-order valence-corrected chi connectivity index (χ3v) is 3.11. The summed E-state index contributed by atoms with van der Waals surface area (Å²) in [5.74, 6) is -1.66. The number of urea groups is 1. The maximum absolute atomic E-state index is 12.1. The van der Waals surface area contributed by atoms with Crippen molar-refractivity contribution in [2.45, 2.75) is 31.4 Å².